The predicted octanol–water partition coefficient (Wildman–Crippen LogP) is 3.87. The minimum Gasteiger partial charge on any atom is -0.360 e. The number of hydrogen-bond donors (Lipinski definition) is 1. The second-order valence-corrected chi connectivity index (χ2v) is 4.56. The van der Waals surface area contributed by atoms with Gasteiger partial charge in [0.1, 0.15) is 11.6 Å². The Balaban J connectivity index is 2.00. The third kappa shape index (κ3) is 2.09. The molecule has 0 saturated carbocycles. The zero-order valence-electron chi connectivity index (χ0n) is 10.5. The molecule has 0 unspecified atom stereocenters. The fourth-order valence-corrected chi connectivity index (χ4v) is 2.27. The van der Waals surface area contributed by atoms with E-state index in [4.69, 9.17) is 0 Å². The molecule has 0 fully saturated rings. The quantitative estimate of drug-likeness (QED) is 0.721. The van der Waals surface area contributed by atoms with Gasteiger partial charge in [-0.25, -0.2) is 8.78 Å². The van der Waals surface area contributed by atoms with Gasteiger partial charge in [-0.1, -0.05) is 24.3 Å². The first-order valence-corrected chi connectivity index (χ1v) is 6.19. The molecule has 1 aromatic heterocycles. The van der Waals surface area contributed by atoms with Crippen molar-refractivity contribution < 1.29 is 13.6 Å². The highest BCUT2D eigenvalue weighted by Crippen LogP contribution is 2.23. The Hall–Kier alpha value is -2.49. The van der Waals surface area contributed by atoms with E-state index in [1.54, 1.807) is 30.3 Å². The topological polar surface area (TPSA) is 32.9 Å². The molecule has 0 atom stereocenters. The lowest BCUT2D eigenvalue weighted by Gasteiger charge is -2.02. The Morgan fingerprint density at radius 3 is 2.55 bits per heavy atom. The minimum absolute atomic E-state index is 0.0893. The molecule has 0 amide bonds. The van der Waals surface area contributed by atoms with Crippen LogP contribution in [0.4, 0.5) is 8.78 Å². The normalized spacial score (nSPS) is 10.9. The molecule has 100 valence electrons. The molecule has 1 heterocycles. The number of rotatable bonds is 3. The minimum atomic E-state index is -0.458. The summed E-state index contributed by atoms with van der Waals surface area (Å²) in [6.45, 7) is 0. The summed E-state index contributed by atoms with van der Waals surface area (Å²) in [5.74, 6) is -1.20. The van der Waals surface area contributed by atoms with E-state index < -0.39 is 11.6 Å². The smallest absolute Gasteiger partial charge is 0.169 e. The van der Waals surface area contributed by atoms with Crippen LogP contribution in [0, 0.1) is 11.6 Å². The predicted molar refractivity (Wildman–Crippen MR) is 72.7 cm³/mol. The second-order valence-electron chi connectivity index (χ2n) is 4.56. The van der Waals surface area contributed by atoms with Crippen molar-refractivity contribution in [2.45, 2.75) is 6.42 Å². The number of hydrogen-bond acceptors (Lipinski definition) is 1. The Bertz CT molecular complexity index is 792. The highest BCUT2D eigenvalue weighted by atomic mass is 19.1. The van der Waals surface area contributed by atoms with Gasteiger partial charge in [0, 0.05) is 29.1 Å². The Morgan fingerprint density at radius 2 is 1.75 bits per heavy atom. The summed E-state index contributed by atoms with van der Waals surface area (Å²) >= 11 is 0. The summed E-state index contributed by atoms with van der Waals surface area (Å²) in [4.78, 5) is 15.1. The fraction of sp³-hybridized carbons (Fsp3) is 0.0625. The van der Waals surface area contributed by atoms with E-state index in [1.807, 2.05) is 0 Å². The zero-order chi connectivity index (χ0) is 14.1. The van der Waals surface area contributed by atoms with E-state index in [9.17, 15) is 13.6 Å². The Labute approximate surface area is 114 Å². The van der Waals surface area contributed by atoms with Crippen molar-refractivity contribution in [2.75, 3.05) is 0 Å². The number of aromatic amines is 1. The summed E-state index contributed by atoms with van der Waals surface area (Å²) < 4.78 is 27.4. The molecule has 3 rings (SSSR count). The lowest BCUT2D eigenvalue weighted by atomic mass is 10.0. The first-order valence-electron chi connectivity index (χ1n) is 6.19. The van der Waals surface area contributed by atoms with Crippen LogP contribution in [-0.2, 0) is 6.42 Å². The maximum Gasteiger partial charge on any atom is 0.169 e. The zero-order valence-corrected chi connectivity index (χ0v) is 10.5. The van der Waals surface area contributed by atoms with Crippen LogP contribution in [0.3, 0.4) is 0 Å². The van der Waals surface area contributed by atoms with Crippen molar-refractivity contribution in [3.05, 3.63) is 71.4 Å². The maximum atomic E-state index is 13.8. The Kier molecular flexibility index (Phi) is 3.06. The molecule has 2 aromatic carbocycles. The van der Waals surface area contributed by atoms with Gasteiger partial charge in [-0.05, 0) is 23.8 Å². The van der Waals surface area contributed by atoms with Crippen LogP contribution in [0.5, 0.6) is 0 Å². The number of H-pyrrole nitrogens is 1. The average Bonchev–Trinajstić information content (AvgIpc) is 2.87. The van der Waals surface area contributed by atoms with Gasteiger partial charge < -0.3 is 4.98 Å². The molecule has 0 radical (unpaired) electrons. The van der Waals surface area contributed by atoms with Crippen molar-refractivity contribution in [3.8, 4) is 0 Å². The number of fused-ring (bicyclic) bond motifs is 1. The highest BCUT2D eigenvalue weighted by molar-refractivity contribution is 6.08. The van der Waals surface area contributed by atoms with Gasteiger partial charge in [0.2, 0.25) is 0 Å². The van der Waals surface area contributed by atoms with E-state index in [0.29, 0.717) is 11.1 Å². The number of carbonyl (C=O) groups excluding carboxylic acids is 1. The molecule has 0 aliphatic rings. The van der Waals surface area contributed by atoms with E-state index in [2.05, 4.69) is 4.98 Å². The number of carbonyl (C=O) groups is 1. The number of aromatic nitrogens is 1. The molecule has 0 bridgehead atoms. The SMILES string of the molecule is O=C(Cc1ccccc1F)c1c[nH]c2cccc(F)c12. The summed E-state index contributed by atoms with van der Waals surface area (Å²) in [5, 5.41) is 0.258. The van der Waals surface area contributed by atoms with Crippen LogP contribution in [0.1, 0.15) is 15.9 Å². The van der Waals surface area contributed by atoms with Crippen molar-refractivity contribution in [2.24, 2.45) is 0 Å². The first-order chi connectivity index (χ1) is 9.66. The summed E-state index contributed by atoms with van der Waals surface area (Å²) in [6.07, 6.45) is 1.38. The molecule has 0 aliphatic heterocycles. The molecular formula is C16H11F2NO. The standard InChI is InChI=1S/C16H11F2NO/c17-12-5-2-1-4-10(12)8-15(20)11-9-19-14-7-3-6-13(18)16(11)14/h1-7,9,19H,8H2. The van der Waals surface area contributed by atoms with Crippen LogP contribution < -0.4 is 0 Å². The maximum absolute atomic E-state index is 13.8. The van der Waals surface area contributed by atoms with Crippen LogP contribution in [0.15, 0.2) is 48.7 Å². The summed E-state index contributed by atoms with van der Waals surface area (Å²) in [7, 11) is 0. The third-order valence-electron chi connectivity index (χ3n) is 3.26. The number of halogens is 2. The summed E-state index contributed by atoms with van der Waals surface area (Å²) in [5.41, 5.74) is 1.12. The monoisotopic (exact) mass is 271 g/mol. The van der Waals surface area contributed by atoms with Gasteiger partial charge in [0.25, 0.3) is 0 Å². The molecule has 20 heavy (non-hydrogen) atoms. The second kappa shape index (κ2) is 4.89. The van der Waals surface area contributed by atoms with Crippen LogP contribution in [0.2, 0.25) is 0 Å². The molecule has 2 nitrogen and oxygen atoms in total. The lowest BCUT2D eigenvalue weighted by Crippen LogP contribution is -2.05. The molecule has 3 aromatic rings. The summed E-state index contributed by atoms with van der Waals surface area (Å²) in [6, 6.07) is 10.7. The van der Waals surface area contributed by atoms with Gasteiger partial charge in [-0.3, -0.25) is 4.79 Å². The molecule has 0 saturated heterocycles. The highest BCUT2D eigenvalue weighted by Gasteiger charge is 2.16. The Morgan fingerprint density at radius 1 is 1.00 bits per heavy atom. The van der Waals surface area contributed by atoms with E-state index in [1.165, 1.54) is 18.3 Å². The van der Waals surface area contributed by atoms with Crippen molar-refractivity contribution in [1.82, 2.24) is 4.98 Å². The van der Waals surface area contributed by atoms with Crippen molar-refractivity contribution >= 4 is 16.7 Å². The fourth-order valence-electron chi connectivity index (χ4n) is 2.27. The van der Waals surface area contributed by atoms with Gasteiger partial charge in [-0.2, -0.15) is 0 Å². The first kappa shape index (κ1) is 12.5. The van der Waals surface area contributed by atoms with Gasteiger partial charge >= 0.3 is 0 Å². The largest absolute Gasteiger partial charge is 0.360 e. The van der Waals surface area contributed by atoms with Gasteiger partial charge in [-0.15, -0.1) is 0 Å². The number of ketones is 1. The van der Waals surface area contributed by atoms with E-state index in [-0.39, 0.29) is 23.2 Å². The van der Waals surface area contributed by atoms with Crippen LogP contribution >= 0.6 is 0 Å². The average molecular weight is 271 g/mol. The van der Waals surface area contributed by atoms with Crippen LogP contribution in [0.25, 0.3) is 10.9 Å². The number of benzene rings is 2. The number of nitrogens with one attached hydrogen (secondary N) is 1. The third-order valence-corrected chi connectivity index (χ3v) is 3.26. The molecule has 4 heteroatoms. The van der Waals surface area contributed by atoms with Crippen molar-refractivity contribution in [3.63, 3.8) is 0 Å². The lowest BCUT2D eigenvalue weighted by molar-refractivity contribution is 0.0993. The number of Topliss-reactive ketones (excluding diaryl/α,β-unsaturated/α-hetero) is 1. The molecule has 0 spiro atoms. The molecule has 0 aliphatic carbocycles. The van der Waals surface area contributed by atoms with Crippen molar-refractivity contribution in [1.29, 1.82) is 0 Å². The van der Waals surface area contributed by atoms with E-state index in [0.717, 1.165) is 0 Å². The van der Waals surface area contributed by atoms with Gasteiger partial charge in [0.15, 0.2) is 5.78 Å². The molecular weight excluding hydrogens is 260 g/mol. The van der Waals surface area contributed by atoms with E-state index >= 15 is 0 Å². The van der Waals surface area contributed by atoms with Crippen LogP contribution in [-0.4, -0.2) is 10.8 Å². The molecule has 1 N–H and O–H groups in total. The van der Waals surface area contributed by atoms with Gasteiger partial charge in [0.05, 0.1) is 0 Å².